The fourth-order valence-electron chi connectivity index (χ4n) is 2.83. The van der Waals surface area contributed by atoms with Gasteiger partial charge >= 0.3 is 0 Å². The number of rotatable bonds is 7. The molecule has 0 spiro atoms. The van der Waals surface area contributed by atoms with E-state index in [0.717, 1.165) is 19.2 Å². The first-order valence-electron chi connectivity index (χ1n) is 9.02. The molecule has 0 aliphatic heterocycles. The maximum atomic E-state index is 11.0. The molecule has 0 radical (unpaired) electrons. The fraction of sp³-hybridized carbons (Fsp3) is 0.0870. The number of allylic oxidation sites excluding steroid dienone is 1. The third-order valence-electron chi connectivity index (χ3n) is 4.35. The molecule has 6 nitrogen and oxygen atoms in total. The lowest BCUT2D eigenvalue weighted by atomic mass is 10.0. The lowest BCUT2D eigenvalue weighted by Crippen LogP contribution is -2.00. The number of methoxy groups -OCH3 is 1. The topological polar surface area (TPSA) is 85.4 Å². The van der Waals surface area contributed by atoms with E-state index >= 15 is 0 Å². The summed E-state index contributed by atoms with van der Waals surface area (Å²) < 4.78 is 13.3. The third kappa shape index (κ3) is 5.83. The molecule has 3 aromatic carbocycles. The maximum absolute atomic E-state index is 11.0. The van der Waals surface area contributed by atoms with Crippen molar-refractivity contribution >= 4 is 55.9 Å². The van der Waals surface area contributed by atoms with Crippen LogP contribution in [0, 0.1) is 25.0 Å². The summed E-state index contributed by atoms with van der Waals surface area (Å²) in [7, 11) is 1.55. The normalized spacial score (nSPS) is 11.0. The molecule has 0 unspecified atom stereocenters. The molecule has 0 N–H and O–H groups in total. The van der Waals surface area contributed by atoms with Crippen molar-refractivity contribution in [1.29, 1.82) is 5.26 Å². The summed E-state index contributed by atoms with van der Waals surface area (Å²) in [6.45, 7) is 0.381. The SMILES string of the molecule is COc1cc(/C=C(/C#N)c2cccc([N+](=O)[O-])c2)cc(I)c1OCc1ccc(Br)cc1. The van der Waals surface area contributed by atoms with Crippen LogP contribution in [-0.2, 0) is 6.61 Å². The van der Waals surface area contributed by atoms with Gasteiger partial charge in [0.15, 0.2) is 11.5 Å². The molecule has 0 heterocycles. The Morgan fingerprint density at radius 1 is 1.23 bits per heavy atom. The molecule has 8 heteroatoms. The number of hydrogen-bond donors (Lipinski definition) is 0. The molecule has 0 aliphatic rings. The molecule has 0 aliphatic carbocycles. The van der Waals surface area contributed by atoms with Gasteiger partial charge in [0, 0.05) is 16.6 Å². The number of benzene rings is 3. The molecule has 0 aromatic heterocycles. The van der Waals surface area contributed by atoms with Crippen LogP contribution in [0.15, 0.2) is 65.1 Å². The number of nitriles is 1. The lowest BCUT2D eigenvalue weighted by molar-refractivity contribution is -0.384. The van der Waals surface area contributed by atoms with Crippen molar-refractivity contribution in [2.24, 2.45) is 0 Å². The van der Waals surface area contributed by atoms with E-state index in [1.807, 2.05) is 30.3 Å². The van der Waals surface area contributed by atoms with Crippen molar-refractivity contribution in [3.8, 4) is 17.6 Å². The Hall–Kier alpha value is -2.90. The van der Waals surface area contributed by atoms with E-state index in [2.05, 4.69) is 44.6 Å². The van der Waals surface area contributed by atoms with Crippen LogP contribution in [-0.4, -0.2) is 12.0 Å². The van der Waals surface area contributed by atoms with Gasteiger partial charge in [-0.3, -0.25) is 10.1 Å². The Balaban J connectivity index is 1.90. The molecule has 0 fully saturated rings. The first-order valence-corrected chi connectivity index (χ1v) is 10.9. The number of ether oxygens (including phenoxy) is 2. The summed E-state index contributed by atoms with van der Waals surface area (Å²) in [5.41, 5.74) is 2.46. The van der Waals surface area contributed by atoms with E-state index in [1.54, 1.807) is 31.4 Å². The predicted molar refractivity (Wildman–Crippen MR) is 131 cm³/mol. The van der Waals surface area contributed by atoms with Crippen LogP contribution in [0.2, 0.25) is 0 Å². The minimum atomic E-state index is -0.484. The Labute approximate surface area is 201 Å². The Kier molecular flexibility index (Phi) is 7.65. The average molecular weight is 591 g/mol. The monoisotopic (exact) mass is 590 g/mol. The average Bonchev–Trinajstić information content (AvgIpc) is 2.77. The second-order valence-electron chi connectivity index (χ2n) is 6.43. The largest absolute Gasteiger partial charge is 0.493 e. The van der Waals surface area contributed by atoms with Gasteiger partial charge in [-0.1, -0.05) is 40.2 Å². The van der Waals surface area contributed by atoms with Crippen molar-refractivity contribution in [2.75, 3.05) is 7.11 Å². The van der Waals surface area contributed by atoms with Crippen LogP contribution in [0.25, 0.3) is 11.6 Å². The molecule has 0 amide bonds. The molecule has 156 valence electrons. The number of non-ortho nitro benzene ring substituents is 1. The highest BCUT2D eigenvalue weighted by atomic mass is 127. The van der Waals surface area contributed by atoms with Crippen LogP contribution < -0.4 is 9.47 Å². The Morgan fingerprint density at radius 3 is 2.61 bits per heavy atom. The van der Waals surface area contributed by atoms with Gasteiger partial charge in [0.05, 0.1) is 27.2 Å². The van der Waals surface area contributed by atoms with E-state index in [4.69, 9.17) is 9.47 Å². The van der Waals surface area contributed by atoms with Gasteiger partial charge in [0.25, 0.3) is 5.69 Å². The Morgan fingerprint density at radius 2 is 1.97 bits per heavy atom. The van der Waals surface area contributed by atoms with Crippen molar-refractivity contribution < 1.29 is 14.4 Å². The van der Waals surface area contributed by atoms with Gasteiger partial charge in [-0.25, -0.2) is 0 Å². The van der Waals surface area contributed by atoms with Crippen molar-refractivity contribution in [3.05, 3.63) is 95.5 Å². The number of hydrogen-bond acceptors (Lipinski definition) is 5. The van der Waals surface area contributed by atoms with Crippen molar-refractivity contribution in [3.63, 3.8) is 0 Å². The molecule has 0 bridgehead atoms. The first kappa shape index (κ1) is 22.8. The predicted octanol–water partition coefficient (Wildman–Crippen LogP) is 6.61. The first-order chi connectivity index (χ1) is 14.9. The zero-order chi connectivity index (χ0) is 22.4. The van der Waals surface area contributed by atoms with Crippen LogP contribution in [0.3, 0.4) is 0 Å². The van der Waals surface area contributed by atoms with Crippen LogP contribution >= 0.6 is 38.5 Å². The smallest absolute Gasteiger partial charge is 0.270 e. The summed E-state index contributed by atoms with van der Waals surface area (Å²) in [6.07, 6.45) is 1.67. The molecule has 3 rings (SSSR count). The van der Waals surface area contributed by atoms with Crippen LogP contribution in [0.5, 0.6) is 11.5 Å². The van der Waals surface area contributed by atoms with Crippen molar-refractivity contribution in [2.45, 2.75) is 6.61 Å². The molecule has 31 heavy (non-hydrogen) atoms. The molecule has 3 aromatic rings. The van der Waals surface area contributed by atoms with Crippen molar-refractivity contribution in [1.82, 2.24) is 0 Å². The summed E-state index contributed by atoms with van der Waals surface area (Å²) in [5, 5.41) is 20.6. The summed E-state index contributed by atoms with van der Waals surface area (Å²) in [6, 6.07) is 19.6. The lowest BCUT2D eigenvalue weighted by Gasteiger charge is -2.14. The molecule has 0 saturated carbocycles. The summed E-state index contributed by atoms with van der Waals surface area (Å²) in [4.78, 5) is 10.6. The van der Waals surface area contributed by atoms with E-state index in [0.29, 0.717) is 29.2 Å². The molecule has 0 atom stereocenters. The van der Waals surface area contributed by atoms with Gasteiger partial charge in [-0.2, -0.15) is 5.26 Å². The molecular formula is C23H16BrIN2O4. The number of halogens is 2. The molecule has 0 saturated heterocycles. The minimum absolute atomic E-state index is 0.0671. The summed E-state index contributed by atoms with van der Waals surface area (Å²) >= 11 is 5.57. The van der Waals surface area contributed by atoms with E-state index in [-0.39, 0.29) is 5.69 Å². The molecular weight excluding hydrogens is 575 g/mol. The highest BCUT2D eigenvalue weighted by Gasteiger charge is 2.13. The van der Waals surface area contributed by atoms with Gasteiger partial charge in [0.2, 0.25) is 0 Å². The van der Waals surface area contributed by atoms with Crippen LogP contribution in [0.4, 0.5) is 5.69 Å². The minimum Gasteiger partial charge on any atom is -0.493 e. The number of nitro groups is 1. The zero-order valence-electron chi connectivity index (χ0n) is 16.3. The third-order valence-corrected chi connectivity index (χ3v) is 5.68. The highest BCUT2D eigenvalue weighted by Crippen LogP contribution is 2.36. The number of nitro benzene ring substituents is 1. The fourth-order valence-corrected chi connectivity index (χ4v) is 3.88. The highest BCUT2D eigenvalue weighted by molar-refractivity contribution is 14.1. The van der Waals surface area contributed by atoms with Gasteiger partial charge in [-0.15, -0.1) is 0 Å². The quantitative estimate of drug-likeness (QED) is 0.102. The van der Waals surface area contributed by atoms with Gasteiger partial charge in [-0.05, 0) is 69.6 Å². The second-order valence-corrected chi connectivity index (χ2v) is 8.50. The second kappa shape index (κ2) is 10.4. The summed E-state index contributed by atoms with van der Waals surface area (Å²) in [5.74, 6) is 1.14. The van der Waals surface area contributed by atoms with E-state index in [1.165, 1.54) is 12.1 Å². The van der Waals surface area contributed by atoms with Gasteiger partial charge < -0.3 is 9.47 Å². The van der Waals surface area contributed by atoms with E-state index < -0.39 is 4.92 Å². The van der Waals surface area contributed by atoms with Gasteiger partial charge in [0.1, 0.15) is 6.61 Å². The van der Waals surface area contributed by atoms with Crippen LogP contribution in [0.1, 0.15) is 16.7 Å². The Bertz CT molecular complexity index is 1190. The van der Waals surface area contributed by atoms with E-state index in [9.17, 15) is 15.4 Å². The zero-order valence-corrected chi connectivity index (χ0v) is 20.1. The standard InChI is InChI=1S/C23H16BrIN2O4/c1-30-22-11-16(9-18(13-26)17-3-2-4-20(12-17)27(28)29)10-21(25)23(22)31-14-15-5-7-19(24)8-6-15/h2-12H,14H2,1H3/b18-9-. The maximum Gasteiger partial charge on any atom is 0.270 e. The number of nitrogens with zero attached hydrogens (tertiary/aromatic N) is 2.